The summed E-state index contributed by atoms with van der Waals surface area (Å²) in [5.41, 5.74) is 1.97. The van der Waals surface area contributed by atoms with E-state index in [0.717, 1.165) is 24.3 Å². The van der Waals surface area contributed by atoms with Crippen LogP contribution in [0.1, 0.15) is 11.3 Å². The molecule has 1 aromatic heterocycles. The molecule has 19 heavy (non-hydrogen) atoms. The van der Waals surface area contributed by atoms with E-state index in [1.54, 1.807) is 19.4 Å². The van der Waals surface area contributed by atoms with Gasteiger partial charge in [-0.15, -0.1) is 0 Å². The van der Waals surface area contributed by atoms with Crippen molar-refractivity contribution in [2.24, 2.45) is 0 Å². The number of ether oxygens (including phenoxy) is 1. The second-order valence-corrected chi connectivity index (χ2v) is 4.28. The maximum absolute atomic E-state index is 13.1. The van der Waals surface area contributed by atoms with E-state index in [0.29, 0.717) is 13.2 Å². The van der Waals surface area contributed by atoms with Gasteiger partial charge in [-0.05, 0) is 23.8 Å². The van der Waals surface area contributed by atoms with Crippen molar-refractivity contribution < 1.29 is 9.13 Å². The molecule has 0 fully saturated rings. The molecule has 2 rings (SSSR count). The molecule has 0 radical (unpaired) electrons. The van der Waals surface area contributed by atoms with Crippen molar-refractivity contribution in [1.29, 1.82) is 0 Å². The van der Waals surface area contributed by atoms with Gasteiger partial charge in [0, 0.05) is 26.4 Å². The van der Waals surface area contributed by atoms with Crippen LogP contribution < -0.4 is 5.32 Å². The summed E-state index contributed by atoms with van der Waals surface area (Å²) in [5.74, 6) is -0.218. The predicted octanol–water partition coefficient (Wildman–Crippen LogP) is 1.81. The third-order valence-electron chi connectivity index (χ3n) is 2.81. The summed E-state index contributed by atoms with van der Waals surface area (Å²) in [6, 6.07) is 8.54. The number of nitrogens with zero attached hydrogens (tertiary/aromatic N) is 2. The van der Waals surface area contributed by atoms with E-state index in [1.165, 1.54) is 12.1 Å². The first-order chi connectivity index (χ1) is 9.29. The summed E-state index contributed by atoms with van der Waals surface area (Å²) in [6.07, 6.45) is 1.76. The molecule has 1 aromatic carbocycles. The maximum atomic E-state index is 13.1. The number of hydrogen-bond donors (Lipinski definition) is 1. The standard InChI is InChI=1S/C14H18FN3O/c1-19-8-7-16-10-14-5-6-17-18(14)11-12-3-2-4-13(15)9-12/h2-6,9,16H,7-8,10-11H2,1H3. The van der Waals surface area contributed by atoms with Crippen molar-refractivity contribution in [3.05, 3.63) is 53.6 Å². The van der Waals surface area contributed by atoms with Gasteiger partial charge in [-0.25, -0.2) is 4.39 Å². The molecule has 4 nitrogen and oxygen atoms in total. The Morgan fingerprint density at radius 3 is 3.05 bits per heavy atom. The highest BCUT2D eigenvalue weighted by Crippen LogP contribution is 2.07. The minimum atomic E-state index is -0.218. The van der Waals surface area contributed by atoms with Crippen molar-refractivity contribution in [1.82, 2.24) is 15.1 Å². The number of benzene rings is 1. The topological polar surface area (TPSA) is 39.1 Å². The van der Waals surface area contributed by atoms with Gasteiger partial charge in [0.1, 0.15) is 5.82 Å². The van der Waals surface area contributed by atoms with E-state index in [4.69, 9.17) is 4.74 Å². The molecule has 0 bridgehead atoms. The van der Waals surface area contributed by atoms with Gasteiger partial charge in [0.05, 0.1) is 18.8 Å². The first-order valence-corrected chi connectivity index (χ1v) is 6.24. The van der Waals surface area contributed by atoms with Crippen LogP contribution in [0.2, 0.25) is 0 Å². The Balaban J connectivity index is 1.95. The number of methoxy groups -OCH3 is 1. The Morgan fingerprint density at radius 1 is 1.37 bits per heavy atom. The van der Waals surface area contributed by atoms with Gasteiger partial charge in [0.25, 0.3) is 0 Å². The van der Waals surface area contributed by atoms with Crippen molar-refractivity contribution in [2.75, 3.05) is 20.3 Å². The molecule has 0 unspecified atom stereocenters. The molecule has 0 spiro atoms. The summed E-state index contributed by atoms with van der Waals surface area (Å²) in [5, 5.41) is 7.53. The van der Waals surface area contributed by atoms with Crippen LogP contribution >= 0.6 is 0 Å². The zero-order valence-corrected chi connectivity index (χ0v) is 11.0. The molecular weight excluding hydrogens is 245 g/mol. The number of hydrogen-bond acceptors (Lipinski definition) is 3. The van der Waals surface area contributed by atoms with E-state index >= 15 is 0 Å². The number of rotatable bonds is 7. The van der Waals surface area contributed by atoms with Crippen LogP contribution in [-0.2, 0) is 17.8 Å². The molecular formula is C14H18FN3O. The van der Waals surface area contributed by atoms with Gasteiger partial charge in [-0.3, -0.25) is 4.68 Å². The third-order valence-corrected chi connectivity index (χ3v) is 2.81. The Hall–Kier alpha value is -1.72. The fourth-order valence-corrected chi connectivity index (χ4v) is 1.85. The summed E-state index contributed by atoms with van der Waals surface area (Å²) in [4.78, 5) is 0. The van der Waals surface area contributed by atoms with E-state index in [2.05, 4.69) is 10.4 Å². The van der Waals surface area contributed by atoms with Gasteiger partial charge in [-0.1, -0.05) is 12.1 Å². The Bertz CT molecular complexity index is 513. The van der Waals surface area contributed by atoms with E-state index in [1.807, 2.05) is 16.8 Å². The normalized spacial score (nSPS) is 10.8. The van der Waals surface area contributed by atoms with Crippen LogP contribution in [0.15, 0.2) is 36.5 Å². The van der Waals surface area contributed by atoms with Crippen LogP contribution in [-0.4, -0.2) is 30.0 Å². The van der Waals surface area contributed by atoms with Gasteiger partial charge < -0.3 is 10.1 Å². The summed E-state index contributed by atoms with van der Waals surface area (Å²) in [6.45, 7) is 2.77. The second-order valence-electron chi connectivity index (χ2n) is 4.28. The summed E-state index contributed by atoms with van der Waals surface area (Å²) in [7, 11) is 1.68. The molecule has 5 heteroatoms. The summed E-state index contributed by atoms with van der Waals surface area (Å²) >= 11 is 0. The fraction of sp³-hybridized carbons (Fsp3) is 0.357. The first-order valence-electron chi connectivity index (χ1n) is 6.24. The van der Waals surface area contributed by atoms with Crippen molar-refractivity contribution in [3.8, 4) is 0 Å². The predicted molar refractivity (Wildman–Crippen MR) is 71.3 cm³/mol. The van der Waals surface area contributed by atoms with Gasteiger partial charge in [-0.2, -0.15) is 5.10 Å². The van der Waals surface area contributed by atoms with Gasteiger partial charge in [0.15, 0.2) is 0 Å². The fourth-order valence-electron chi connectivity index (χ4n) is 1.85. The molecule has 0 amide bonds. The second kappa shape index (κ2) is 7.01. The van der Waals surface area contributed by atoms with Crippen molar-refractivity contribution >= 4 is 0 Å². The molecule has 0 atom stereocenters. The minimum absolute atomic E-state index is 0.218. The third kappa shape index (κ3) is 4.15. The lowest BCUT2D eigenvalue weighted by Gasteiger charge is -2.09. The van der Waals surface area contributed by atoms with E-state index < -0.39 is 0 Å². The summed E-state index contributed by atoms with van der Waals surface area (Å²) < 4.78 is 20.0. The SMILES string of the molecule is COCCNCc1ccnn1Cc1cccc(F)c1. The molecule has 102 valence electrons. The molecule has 0 aliphatic rings. The number of nitrogens with one attached hydrogen (secondary N) is 1. The highest BCUT2D eigenvalue weighted by atomic mass is 19.1. The van der Waals surface area contributed by atoms with E-state index in [9.17, 15) is 4.39 Å². The average molecular weight is 263 g/mol. The molecule has 0 saturated heterocycles. The monoisotopic (exact) mass is 263 g/mol. The largest absolute Gasteiger partial charge is 0.383 e. The maximum Gasteiger partial charge on any atom is 0.123 e. The lowest BCUT2D eigenvalue weighted by molar-refractivity contribution is 0.199. The molecule has 0 aliphatic heterocycles. The van der Waals surface area contributed by atoms with Crippen molar-refractivity contribution in [3.63, 3.8) is 0 Å². The molecule has 1 heterocycles. The van der Waals surface area contributed by atoms with Crippen LogP contribution in [0.25, 0.3) is 0 Å². The number of halogens is 1. The highest BCUT2D eigenvalue weighted by Gasteiger charge is 2.03. The number of aromatic nitrogens is 2. The smallest absolute Gasteiger partial charge is 0.123 e. The lowest BCUT2D eigenvalue weighted by Crippen LogP contribution is -2.21. The Kier molecular flexibility index (Phi) is 5.06. The first kappa shape index (κ1) is 13.7. The highest BCUT2D eigenvalue weighted by molar-refractivity contribution is 5.17. The average Bonchev–Trinajstić information content (AvgIpc) is 2.82. The molecule has 1 N–H and O–H groups in total. The quantitative estimate of drug-likeness (QED) is 0.774. The zero-order chi connectivity index (χ0) is 13.5. The van der Waals surface area contributed by atoms with Crippen LogP contribution in [0.3, 0.4) is 0 Å². The van der Waals surface area contributed by atoms with E-state index in [-0.39, 0.29) is 5.82 Å². The molecule has 2 aromatic rings. The molecule has 0 aliphatic carbocycles. The van der Waals surface area contributed by atoms with Gasteiger partial charge in [0.2, 0.25) is 0 Å². The Labute approximate surface area is 112 Å². The van der Waals surface area contributed by atoms with Gasteiger partial charge >= 0.3 is 0 Å². The lowest BCUT2D eigenvalue weighted by atomic mass is 10.2. The molecule has 0 saturated carbocycles. The van der Waals surface area contributed by atoms with Crippen LogP contribution in [0.5, 0.6) is 0 Å². The van der Waals surface area contributed by atoms with Crippen LogP contribution in [0, 0.1) is 5.82 Å². The zero-order valence-electron chi connectivity index (χ0n) is 11.0. The Morgan fingerprint density at radius 2 is 2.26 bits per heavy atom. The van der Waals surface area contributed by atoms with Crippen molar-refractivity contribution in [2.45, 2.75) is 13.1 Å². The minimum Gasteiger partial charge on any atom is -0.383 e. The van der Waals surface area contributed by atoms with Crippen LogP contribution in [0.4, 0.5) is 4.39 Å².